The van der Waals surface area contributed by atoms with Gasteiger partial charge in [0.05, 0.1) is 6.61 Å². The normalized spacial score (nSPS) is 13.0. The van der Waals surface area contributed by atoms with Crippen molar-refractivity contribution in [1.29, 1.82) is 0 Å². The van der Waals surface area contributed by atoms with E-state index in [9.17, 15) is 40.7 Å². The summed E-state index contributed by atoms with van der Waals surface area (Å²) in [6.07, 6.45) is -9.15. The first kappa shape index (κ1) is 25.7. The largest absolute Gasteiger partial charge is 0.490 e. The van der Waals surface area contributed by atoms with Crippen LogP contribution in [0.5, 0.6) is 0 Å². The van der Waals surface area contributed by atoms with Crippen LogP contribution in [0.4, 0.5) is 26.3 Å². The molecule has 1 unspecified atom stereocenters. The summed E-state index contributed by atoms with van der Waals surface area (Å²) in [5.41, 5.74) is 0. The predicted octanol–water partition coefficient (Wildman–Crippen LogP) is 2.86. The zero-order chi connectivity index (χ0) is 21.1. The molecule has 158 valence electrons. The summed E-state index contributed by atoms with van der Waals surface area (Å²) >= 11 is 0. The number of carbonyl (C=O) groups is 3. The van der Waals surface area contributed by atoms with Crippen LogP contribution in [0, 0.1) is 0 Å². The van der Waals surface area contributed by atoms with E-state index in [0.717, 1.165) is 21.6 Å². The van der Waals surface area contributed by atoms with E-state index in [0.29, 0.717) is 12.8 Å². The Morgan fingerprint density at radius 1 is 0.963 bits per heavy atom. The molecule has 1 N–H and O–H groups in total. The molecule has 27 heavy (non-hydrogen) atoms. The summed E-state index contributed by atoms with van der Waals surface area (Å²) in [5, 5.41) is 1.51. The van der Waals surface area contributed by atoms with Crippen molar-refractivity contribution in [2.24, 2.45) is 0 Å². The first-order chi connectivity index (χ1) is 12.4. The molecule has 0 aliphatic heterocycles. The summed E-state index contributed by atoms with van der Waals surface area (Å²) in [4.78, 5) is 33.2. The molecule has 0 rings (SSSR count). The lowest BCUT2D eigenvalue weighted by Crippen LogP contribution is -2.48. The van der Waals surface area contributed by atoms with Gasteiger partial charge >= 0.3 is 30.2 Å². The van der Waals surface area contributed by atoms with Crippen LogP contribution in [0.1, 0.15) is 19.8 Å². The number of amides is 1. The van der Waals surface area contributed by atoms with Crippen molar-refractivity contribution in [2.45, 2.75) is 38.2 Å². The SMILES string of the molecule is CCCCOC(=O)C(CSSCCOC(=O)C(F)(F)F)NC(=O)C(F)(F)F. The number of unbranched alkanes of at least 4 members (excludes halogenated alkanes) is 1. The van der Waals surface area contributed by atoms with Crippen LogP contribution in [0.25, 0.3) is 0 Å². The highest BCUT2D eigenvalue weighted by molar-refractivity contribution is 8.76. The Hall–Kier alpha value is -1.31. The molecule has 1 atom stereocenters. The Balaban J connectivity index is 4.40. The Kier molecular flexibility index (Phi) is 11.6. The molecule has 0 aromatic heterocycles. The van der Waals surface area contributed by atoms with Gasteiger partial charge in [-0.05, 0) is 6.42 Å². The molecule has 0 aromatic rings. The lowest BCUT2D eigenvalue weighted by Gasteiger charge is -2.18. The van der Waals surface area contributed by atoms with Crippen molar-refractivity contribution >= 4 is 39.4 Å². The first-order valence-electron chi connectivity index (χ1n) is 7.42. The smallest absolute Gasteiger partial charge is 0.464 e. The molecule has 0 aliphatic rings. The highest BCUT2D eigenvalue weighted by Gasteiger charge is 2.41. The number of carbonyl (C=O) groups excluding carboxylic acids is 3. The standard InChI is InChI=1S/C13H17F6NO5S2/c1-2-3-4-24-9(21)8(20-10(22)12(14,15)16)7-27-26-6-5-25-11(23)13(17,18)19/h8H,2-7H2,1H3,(H,20,22). The minimum absolute atomic E-state index is 0.0288. The third kappa shape index (κ3) is 11.9. The molecule has 0 radical (unpaired) electrons. The van der Waals surface area contributed by atoms with E-state index in [1.54, 1.807) is 6.92 Å². The van der Waals surface area contributed by atoms with Crippen LogP contribution < -0.4 is 5.32 Å². The van der Waals surface area contributed by atoms with Gasteiger partial charge in [0.15, 0.2) is 0 Å². The molecule has 1 amide bonds. The Labute approximate surface area is 158 Å². The molecule has 0 spiro atoms. The fourth-order valence-corrected chi connectivity index (χ4v) is 3.23. The van der Waals surface area contributed by atoms with Crippen molar-refractivity contribution in [2.75, 3.05) is 24.7 Å². The highest BCUT2D eigenvalue weighted by atomic mass is 33.1. The fourth-order valence-electron chi connectivity index (χ4n) is 1.25. The summed E-state index contributed by atoms with van der Waals surface area (Å²) in [6, 6.07) is -1.59. The fraction of sp³-hybridized carbons (Fsp3) is 0.769. The number of halogens is 6. The Morgan fingerprint density at radius 2 is 1.59 bits per heavy atom. The molecule has 14 heteroatoms. The third-order valence-electron chi connectivity index (χ3n) is 2.54. The molecule has 0 fully saturated rings. The third-order valence-corrected chi connectivity index (χ3v) is 4.92. The molecule has 0 heterocycles. The number of rotatable bonds is 11. The van der Waals surface area contributed by atoms with Crippen molar-refractivity contribution in [3.05, 3.63) is 0 Å². The molecular weight excluding hydrogens is 428 g/mol. The van der Waals surface area contributed by atoms with Gasteiger partial charge in [0.1, 0.15) is 12.6 Å². The van der Waals surface area contributed by atoms with E-state index in [1.165, 1.54) is 5.32 Å². The van der Waals surface area contributed by atoms with E-state index < -0.39 is 42.8 Å². The van der Waals surface area contributed by atoms with Gasteiger partial charge in [-0.2, -0.15) is 26.3 Å². The van der Waals surface area contributed by atoms with Crippen molar-refractivity contribution in [1.82, 2.24) is 5.32 Å². The minimum atomic E-state index is -5.19. The second-order valence-electron chi connectivity index (χ2n) is 4.79. The molecule has 0 saturated carbocycles. The van der Waals surface area contributed by atoms with Crippen LogP contribution in [-0.2, 0) is 23.9 Å². The van der Waals surface area contributed by atoms with Gasteiger partial charge in [0, 0.05) is 11.5 Å². The molecule has 0 aromatic carbocycles. The monoisotopic (exact) mass is 445 g/mol. The number of hydrogen-bond acceptors (Lipinski definition) is 7. The zero-order valence-electron chi connectivity index (χ0n) is 13.9. The van der Waals surface area contributed by atoms with Crippen LogP contribution in [-0.4, -0.2) is 61.0 Å². The Bertz CT molecular complexity index is 501. The molecule has 0 saturated heterocycles. The van der Waals surface area contributed by atoms with Gasteiger partial charge < -0.3 is 14.8 Å². The van der Waals surface area contributed by atoms with Crippen molar-refractivity contribution in [3.8, 4) is 0 Å². The van der Waals surface area contributed by atoms with E-state index in [2.05, 4.69) is 4.74 Å². The summed E-state index contributed by atoms with van der Waals surface area (Å²) in [5.74, 6) is -6.17. The lowest BCUT2D eigenvalue weighted by atomic mass is 10.3. The van der Waals surface area contributed by atoms with Gasteiger partial charge in [-0.25, -0.2) is 9.59 Å². The number of alkyl halides is 6. The van der Waals surface area contributed by atoms with E-state index in [4.69, 9.17) is 4.74 Å². The molecule has 0 bridgehead atoms. The van der Waals surface area contributed by atoms with Crippen LogP contribution >= 0.6 is 21.6 Å². The van der Waals surface area contributed by atoms with Gasteiger partial charge in [-0.15, -0.1) is 0 Å². The van der Waals surface area contributed by atoms with Gasteiger partial charge in [-0.3, -0.25) is 4.79 Å². The average Bonchev–Trinajstić information content (AvgIpc) is 2.54. The maximum absolute atomic E-state index is 12.3. The first-order valence-corrected chi connectivity index (χ1v) is 9.91. The highest BCUT2D eigenvalue weighted by Crippen LogP contribution is 2.24. The second kappa shape index (κ2) is 12.2. The molecular formula is C13H17F6NO5S2. The number of ether oxygens (including phenoxy) is 2. The zero-order valence-corrected chi connectivity index (χ0v) is 15.6. The molecule has 6 nitrogen and oxygen atoms in total. The quantitative estimate of drug-likeness (QED) is 0.227. The van der Waals surface area contributed by atoms with Gasteiger partial charge in [0.25, 0.3) is 0 Å². The number of esters is 2. The topological polar surface area (TPSA) is 81.7 Å². The van der Waals surface area contributed by atoms with Gasteiger partial charge in [-0.1, -0.05) is 34.9 Å². The second-order valence-corrected chi connectivity index (χ2v) is 7.41. The summed E-state index contributed by atoms with van der Waals surface area (Å²) < 4.78 is 81.3. The summed E-state index contributed by atoms with van der Waals surface area (Å²) in [7, 11) is 1.65. The van der Waals surface area contributed by atoms with Crippen molar-refractivity contribution < 1.29 is 50.2 Å². The maximum Gasteiger partial charge on any atom is 0.490 e. The average molecular weight is 445 g/mol. The van der Waals surface area contributed by atoms with Crippen LogP contribution in [0.3, 0.4) is 0 Å². The van der Waals surface area contributed by atoms with E-state index in [-0.39, 0.29) is 18.1 Å². The minimum Gasteiger partial charge on any atom is -0.464 e. The maximum atomic E-state index is 12.3. The van der Waals surface area contributed by atoms with Gasteiger partial charge in [0.2, 0.25) is 0 Å². The number of hydrogen-bond donors (Lipinski definition) is 1. The van der Waals surface area contributed by atoms with Crippen LogP contribution in [0.2, 0.25) is 0 Å². The molecule has 0 aliphatic carbocycles. The summed E-state index contributed by atoms with van der Waals surface area (Å²) in [6.45, 7) is 1.18. The predicted molar refractivity (Wildman–Crippen MR) is 85.8 cm³/mol. The van der Waals surface area contributed by atoms with E-state index >= 15 is 0 Å². The Morgan fingerprint density at radius 3 is 2.11 bits per heavy atom. The lowest BCUT2D eigenvalue weighted by molar-refractivity contribution is -0.199. The van der Waals surface area contributed by atoms with E-state index in [1.807, 2.05) is 0 Å². The van der Waals surface area contributed by atoms with Crippen LogP contribution in [0.15, 0.2) is 0 Å². The number of nitrogens with one attached hydrogen (secondary N) is 1. The van der Waals surface area contributed by atoms with Crippen molar-refractivity contribution in [3.63, 3.8) is 0 Å².